The minimum atomic E-state index is -0.257. The number of rotatable bonds is 6. The molecule has 0 spiro atoms. The summed E-state index contributed by atoms with van der Waals surface area (Å²) in [6.45, 7) is 0. The lowest BCUT2D eigenvalue weighted by molar-refractivity contribution is 0.0955. The number of carbonyl (C=O) groups excluding carboxylic acids is 1. The van der Waals surface area contributed by atoms with Gasteiger partial charge in [-0.2, -0.15) is 5.10 Å². The molecule has 0 bridgehead atoms. The van der Waals surface area contributed by atoms with E-state index < -0.39 is 0 Å². The van der Waals surface area contributed by atoms with Crippen molar-refractivity contribution in [2.45, 2.75) is 10.9 Å². The Morgan fingerprint density at radius 1 is 1.32 bits per heavy atom. The summed E-state index contributed by atoms with van der Waals surface area (Å²) < 4.78 is 1.87. The highest BCUT2D eigenvalue weighted by Crippen LogP contribution is 2.20. The molecule has 1 amide bonds. The molecule has 0 fully saturated rings. The number of nitrogens with one attached hydrogen (secondary N) is 1. The molecule has 0 aliphatic heterocycles. The Kier molecular flexibility index (Phi) is 5.53. The third kappa shape index (κ3) is 4.74. The zero-order chi connectivity index (χ0) is 17.5. The Bertz CT molecular complexity index is 860. The van der Waals surface area contributed by atoms with Gasteiger partial charge in [-0.15, -0.1) is 10.2 Å². The third-order valence-corrected chi connectivity index (χ3v) is 4.42. The van der Waals surface area contributed by atoms with E-state index in [0.29, 0.717) is 5.56 Å². The van der Waals surface area contributed by atoms with Crippen LogP contribution in [0.15, 0.2) is 65.4 Å². The Labute approximate surface area is 149 Å². The second kappa shape index (κ2) is 8.20. The number of pyridine rings is 1. The van der Waals surface area contributed by atoms with Crippen LogP contribution in [0.1, 0.15) is 21.5 Å². The van der Waals surface area contributed by atoms with Crippen LogP contribution in [-0.4, -0.2) is 31.9 Å². The van der Waals surface area contributed by atoms with Crippen molar-refractivity contribution < 1.29 is 4.79 Å². The Morgan fingerprint density at radius 3 is 2.84 bits per heavy atom. The minimum absolute atomic E-state index is 0.257. The molecule has 0 aliphatic rings. The van der Waals surface area contributed by atoms with Gasteiger partial charge < -0.3 is 4.57 Å². The fraction of sp³-hybridized carbons (Fsp3) is 0.118. The van der Waals surface area contributed by atoms with Gasteiger partial charge >= 0.3 is 0 Å². The lowest BCUT2D eigenvalue weighted by atomic mass is 10.1. The molecule has 8 heteroatoms. The van der Waals surface area contributed by atoms with Crippen molar-refractivity contribution in [3.63, 3.8) is 0 Å². The first-order valence-electron chi connectivity index (χ1n) is 7.51. The Hall–Kier alpha value is -3.00. The largest absolute Gasteiger partial charge is 0.312 e. The maximum Gasteiger partial charge on any atom is 0.271 e. The highest BCUT2D eigenvalue weighted by molar-refractivity contribution is 7.98. The number of thioether (sulfide) groups is 1. The third-order valence-electron chi connectivity index (χ3n) is 3.32. The molecule has 0 unspecified atom stereocenters. The van der Waals surface area contributed by atoms with Crippen molar-refractivity contribution in [2.75, 3.05) is 0 Å². The number of amides is 1. The van der Waals surface area contributed by atoms with Crippen molar-refractivity contribution in [2.24, 2.45) is 12.1 Å². The number of benzene rings is 1. The molecule has 25 heavy (non-hydrogen) atoms. The molecular weight excluding hydrogens is 336 g/mol. The molecule has 2 aromatic heterocycles. The number of nitrogens with zero attached hydrogens (tertiary/aromatic N) is 5. The van der Waals surface area contributed by atoms with Gasteiger partial charge in [0.25, 0.3) is 5.91 Å². The van der Waals surface area contributed by atoms with Crippen LogP contribution in [0.2, 0.25) is 0 Å². The molecule has 0 radical (unpaired) electrons. The predicted octanol–water partition coefficient (Wildman–Crippen LogP) is 2.27. The number of aromatic nitrogens is 4. The van der Waals surface area contributed by atoms with Crippen LogP contribution in [0.25, 0.3) is 0 Å². The topological polar surface area (TPSA) is 85.1 Å². The smallest absolute Gasteiger partial charge is 0.271 e. The molecule has 0 atom stereocenters. The quantitative estimate of drug-likeness (QED) is 0.418. The lowest BCUT2D eigenvalue weighted by Gasteiger charge is -2.03. The van der Waals surface area contributed by atoms with Gasteiger partial charge in [0.05, 0.1) is 6.21 Å². The van der Waals surface area contributed by atoms with Gasteiger partial charge in [-0.1, -0.05) is 30.0 Å². The van der Waals surface area contributed by atoms with Crippen molar-refractivity contribution >= 4 is 23.9 Å². The van der Waals surface area contributed by atoms with E-state index in [0.717, 1.165) is 22.0 Å². The predicted molar refractivity (Wildman–Crippen MR) is 96.3 cm³/mol. The van der Waals surface area contributed by atoms with E-state index >= 15 is 0 Å². The van der Waals surface area contributed by atoms with E-state index in [9.17, 15) is 4.79 Å². The summed E-state index contributed by atoms with van der Waals surface area (Å²) in [5.74, 6) is 0.501. The zero-order valence-electron chi connectivity index (χ0n) is 13.5. The van der Waals surface area contributed by atoms with Gasteiger partial charge in [0.1, 0.15) is 6.33 Å². The van der Waals surface area contributed by atoms with Crippen LogP contribution >= 0.6 is 11.8 Å². The molecule has 1 aromatic carbocycles. The van der Waals surface area contributed by atoms with E-state index in [-0.39, 0.29) is 5.91 Å². The number of carbonyl (C=O) groups is 1. The lowest BCUT2D eigenvalue weighted by Crippen LogP contribution is -2.17. The summed E-state index contributed by atoms with van der Waals surface area (Å²) in [6.07, 6.45) is 6.57. The van der Waals surface area contributed by atoms with Gasteiger partial charge in [-0.05, 0) is 23.8 Å². The second-order valence-corrected chi connectivity index (χ2v) is 6.14. The van der Waals surface area contributed by atoms with Gasteiger partial charge in [0.2, 0.25) is 0 Å². The number of aryl methyl sites for hydroxylation is 1. The standard InChI is InChI=1S/C17H16N6OS/c1-23-12-20-22-17(23)25-11-13-4-6-15(7-5-13)16(24)21-19-10-14-3-2-8-18-9-14/h2-10,12H,11H2,1H3,(H,21,24)/b19-10+. The highest BCUT2D eigenvalue weighted by atomic mass is 32.2. The van der Waals surface area contributed by atoms with Gasteiger partial charge in [0.15, 0.2) is 5.16 Å². The SMILES string of the molecule is Cn1cnnc1SCc1ccc(C(=O)N/N=C/c2cccnc2)cc1. The summed E-state index contributed by atoms with van der Waals surface area (Å²) in [5.41, 5.74) is 4.98. The molecule has 7 nitrogen and oxygen atoms in total. The Balaban J connectivity index is 1.53. The van der Waals surface area contributed by atoms with Crippen LogP contribution in [-0.2, 0) is 12.8 Å². The summed E-state index contributed by atoms with van der Waals surface area (Å²) in [7, 11) is 1.90. The van der Waals surface area contributed by atoms with Gasteiger partial charge in [-0.25, -0.2) is 5.43 Å². The van der Waals surface area contributed by atoms with E-state index in [2.05, 4.69) is 25.7 Å². The van der Waals surface area contributed by atoms with Crippen LogP contribution < -0.4 is 5.43 Å². The molecular formula is C17H16N6OS. The maximum atomic E-state index is 12.1. The Morgan fingerprint density at radius 2 is 2.16 bits per heavy atom. The molecule has 3 rings (SSSR count). The molecule has 0 saturated carbocycles. The summed E-state index contributed by atoms with van der Waals surface area (Å²) >= 11 is 1.59. The summed E-state index contributed by atoms with van der Waals surface area (Å²) in [4.78, 5) is 16.0. The van der Waals surface area contributed by atoms with E-state index in [1.165, 1.54) is 0 Å². The molecule has 3 aromatic rings. The van der Waals surface area contributed by atoms with E-state index in [1.807, 2.05) is 29.8 Å². The van der Waals surface area contributed by atoms with Crippen molar-refractivity contribution in [3.05, 3.63) is 71.8 Å². The van der Waals surface area contributed by atoms with Crippen LogP contribution in [0.4, 0.5) is 0 Å². The molecule has 126 valence electrons. The number of hydrogen-bond acceptors (Lipinski definition) is 6. The minimum Gasteiger partial charge on any atom is -0.312 e. The van der Waals surface area contributed by atoms with Crippen molar-refractivity contribution in [3.8, 4) is 0 Å². The zero-order valence-corrected chi connectivity index (χ0v) is 14.3. The van der Waals surface area contributed by atoms with E-state index in [1.54, 1.807) is 54.9 Å². The first-order chi connectivity index (χ1) is 12.2. The van der Waals surface area contributed by atoms with Crippen molar-refractivity contribution in [1.82, 2.24) is 25.2 Å². The fourth-order valence-electron chi connectivity index (χ4n) is 1.99. The summed E-state index contributed by atoms with van der Waals surface area (Å²) in [6, 6.07) is 11.1. The van der Waals surface area contributed by atoms with Gasteiger partial charge in [0, 0.05) is 36.3 Å². The normalized spacial score (nSPS) is 10.9. The van der Waals surface area contributed by atoms with Gasteiger partial charge in [-0.3, -0.25) is 9.78 Å². The van der Waals surface area contributed by atoms with E-state index in [4.69, 9.17) is 0 Å². The molecule has 1 N–H and O–H groups in total. The first kappa shape index (κ1) is 16.8. The maximum absolute atomic E-state index is 12.1. The molecule has 2 heterocycles. The fourth-order valence-corrected chi connectivity index (χ4v) is 2.83. The molecule has 0 aliphatic carbocycles. The number of hydrogen-bond donors (Lipinski definition) is 1. The first-order valence-corrected chi connectivity index (χ1v) is 8.50. The number of hydrazone groups is 1. The van der Waals surface area contributed by atoms with Crippen LogP contribution in [0, 0.1) is 0 Å². The highest BCUT2D eigenvalue weighted by Gasteiger charge is 2.06. The molecule has 0 saturated heterocycles. The monoisotopic (exact) mass is 352 g/mol. The van der Waals surface area contributed by atoms with Crippen molar-refractivity contribution in [1.29, 1.82) is 0 Å². The second-order valence-electron chi connectivity index (χ2n) is 5.20. The van der Waals surface area contributed by atoms with Crippen LogP contribution in [0.5, 0.6) is 0 Å². The summed E-state index contributed by atoms with van der Waals surface area (Å²) in [5, 5.41) is 12.7. The average molecular weight is 352 g/mol. The van der Waals surface area contributed by atoms with Crippen LogP contribution in [0.3, 0.4) is 0 Å². The average Bonchev–Trinajstić information content (AvgIpc) is 3.06.